The number of benzene rings is 1. The molecule has 1 N–H and O–H groups in total. The average Bonchev–Trinajstić information content (AvgIpc) is 2.18. The molecule has 0 heterocycles. The molecule has 0 bridgehead atoms. The first-order chi connectivity index (χ1) is 6.26. The van der Waals surface area contributed by atoms with Gasteiger partial charge in [0, 0.05) is 6.04 Å². The second-order valence-corrected chi connectivity index (χ2v) is 3.25. The lowest BCUT2D eigenvalue weighted by atomic mass is 10.1. The maximum atomic E-state index is 5.15. The highest BCUT2D eigenvalue weighted by Gasteiger charge is 2.00. The minimum atomic E-state index is 0.507. The van der Waals surface area contributed by atoms with Crippen LogP contribution in [0.1, 0.15) is 12.5 Å². The summed E-state index contributed by atoms with van der Waals surface area (Å²) in [6, 6.07) is 8.70. The normalized spacial score (nSPS) is 12.5. The Morgan fingerprint density at radius 1 is 1.46 bits per heavy atom. The van der Waals surface area contributed by atoms with Gasteiger partial charge in [0.15, 0.2) is 0 Å². The van der Waals surface area contributed by atoms with Crippen LogP contribution in [0.4, 0.5) is 0 Å². The van der Waals surface area contributed by atoms with E-state index in [0.717, 1.165) is 12.2 Å². The maximum Gasteiger partial charge on any atom is 0.119 e. The predicted molar refractivity (Wildman–Crippen MR) is 55.2 cm³/mol. The van der Waals surface area contributed by atoms with Gasteiger partial charge in [-0.15, -0.1) is 0 Å². The average molecular weight is 180 g/mol. The van der Waals surface area contributed by atoms with Crippen LogP contribution in [-0.4, -0.2) is 20.2 Å². The molecule has 0 amide bonds. The van der Waals surface area contributed by atoms with Crippen molar-refractivity contribution in [3.05, 3.63) is 29.8 Å². The number of hydrogen-bond donors (Lipinski definition) is 1. The molecule has 0 saturated heterocycles. The molecule has 0 radical (unpaired) electrons. The Kier molecular flexibility index (Phi) is 3.77. The third-order valence-electron chi connectivity index (χ3n) is 2.17. The van der Waals surface area contributed by atoms with E-state index in [2.05, 4.69) is 24.4 Å². The molecule has 2 heteroatoms. The predicted octanol–water partition coefficient (Wildman–Crippen LogP) is 1.85. The first kappa shape index (κ1) is 10.1. The topological polar surface area (TPSA) is 21.3 Å². The summed E-state index contributed by atoms with van der Waals surface area (Å²) >= 11 is 0. The molecule has 2 nitrogen and oxygen atoms in total. The van der Waals surface area contributed by atoms with Crippen LogP contribution in [0, 0.1) is 0 Å². The van der Waals surface area contributed by atoms with Crippen molar-refractivity contribution < 1.29 is 4.74 Å². The second kappa shape index (κ2) is 4.87. The molecule has 13 heavy (non-hydrogen) atoms. The van der Waals surface area contributed by atoms with Crippen LogP contribution in [0.3, 0.4) is 0 Å². The van der Waals surface area contributed by atoms with Crippen molar-refractivity contribution in [1.82, 2.24) is 5.32 Å². The summed E-state index contributed by atoms with van der Waals surface area (Å²) in [5.41, 5.74) is 1.31. The summed E-state index contributed by atoms with van der Waals surface area (Å²) in [7, 11) is 3.67. The number of hydrogen-bond acceptors (Lipinski definition) is 2. The summed E-state index contributed by atoms with van der Waals surface area (Å²) in [5.74, 6) is 0.931. The minimum absolute atomic E-state index is 0.507. The highest BCUT2D eigenvalue weighted by molar-refractivity contribution is 5.28. The molecule has 72 valence electrons. The smallest absolute Gasteiger partial charge is 0.119 e. The van der Waals surface area contributed by atoms with E-state index in [1.165, 1.54) is 5.56 Å². The molecule has 0 saturated carbocycles. The third-order valence-corrected chi connectivity index (χ3v) is 2.17. The summed E-state index contributed by atoms with van der Waals surface area (Å²) in [6.07, 6.45) is 1.04. The molecule has 0 aliphatic carbocycles. The van der Waals surface area contributed by atoms with Crippen LogP contribution in [0.2, 0.25) is 0 Å². The van der Waals surface area contributed by atoms with Gasteiger partial charge in [-0.1, -0.05) is 12.1 Å². The number of rotatable bonds is 4. The number of nitrogens with one attached hydrogen (secondary N) is 1. The number of methoxy groups -OCH3 is 1. The molecule has 1 atom stereocenters. The van der Waals surface area contributed by atoms with Gasteiger partial charge in [0.2, 0.25) is 0 Å². The molecule has 1 rings (SSSR count). The fraction of sp³-hybridized carbons (Fsp3) is 0.455. The zero-order chi connectivity index (χ0) is 9.68. The molecule has 1 unspecified atom stereocenters. The first-order valence-corrected chi connectivity index (χ1v) is 4.56. The van der Waals surface area contributed by atoms with Gasteiger partial charge < -0.3 is 10.1 Å². The molecule has 0 aliphatic heterocycles. The van der Waals surface area contributed by atoms with Gasteiger partial charge in [0.05, 0.1) is 7.11 Å². The van der Waals surface area contributed by atoms with Gasteiger partial charge in [0.25, 0.3) is 0 Å². The zero-order valence-electron chi connectivity index (χ0n) is 8.50. The van der Waals surface area contributed by atoms with Gasteiger partial charge in [0.1, 0.15) is 5.75 Å². The standard InChI is InChI=1S/C11H17NO/c1-9(12-2)7-10-5-4-6-11(8-10)13-3/h4-6,8-9,12H,7H2,1-3H3/i5+1. The molecular formula is C11H17NO. The Balaban J connectivity index is 2.66. The van der Waals surface area contributed by atoms with E-state index >= 15 is 0 Å². The van der Waals surface area contributed by atoms with Crippen LogP contribution in [0.5, 0.6) is 5.75 Å². The van der Waals surface area contributed by atoms with Gasteiger partial charge in [-0.05, 0) is 38.1 Å². The molecule has 0 spiro atoms. The fourth-order valence-corrected chi connectivity index (χ4v) is 1.26. The number of likely N-dealkylation sites (N-methyl/N-ethyl adjacent to an activating group) is 1. The first-order valence-electron chi connectivity index (χ1n) is 4.56. The largest absolute Gasteiger partial charge is 0.497 e. The molecule has 0 aromatic heterocycles. The van der Waals surface area contributed by atoms with Crippen molar-refractivity contribution in [3.8, 4) is 5.75 Å². The van der Waals surface area contributed by atoms with E-state index in [-0.39, 0.29) is 0 Å². The van der Waals surface area contributed by atoms with E-state index in [1.807, 2.05) is 19.2 Å². The van der Waals surface area contributed by atoms with Gasteiger partial charge >= 0.3 is 0 Å². The van der Waals surface area contributed by atoms with E-state index < -0.39 is 0 Å². The van der Waals surface area contributed by atoms with Crippen LogP contribution >= 0.6 is 0 Å². The Morgan fingerprint density at radius 3 is 2.85 bits per heavy atom. The summed E-state index contributed by atoms with van der Waals surface area (Å²) in [4.78, 5) is 0. The summed E-state index contributed by atoms with van der Waals surface area (Å²) < 4.78 is 5.15. The minimum Gasteiger partial charge on any atom is -0.497 e. The van der Waals surface area contributed by atoms with Crippen LogP contribution < -0.4 is 10.1 Å². The Hall–Kier alpha value is -1.02. The van der Waals surface area contributed by atoms with Gasteiger partial charge in [-0.2, -0.15) is 0 Å². The van der Waals surface area contributed by atoms with E-state index in [1.54, 1.807) is 7.11 Å². The SMILES string of the molecule is CNC(C)Cc1cc(OC)cc[13cH]1. The quantitative estimate of drug-likeness (QED) is 0.763. The lowest BCUT2D eigenvalue weighted by molar-refractivity contribution is 0.414. The monoisotopic (exact) mass is 180 g/mol. The van der Waals surface area contributed by atoms with Crippen molar-refractivity contribution in [1.29, 1.82) is 0 Å². The molecular weight excluding hydrogens is 163 g/mol. The van der Waals surface area contributed by atoms with Gasteiger partial charge in [-0.25, -0.2) is 0 Å². The molecule has 0 fully saturated rings. The van der Waals surface area contributed by atoms with Crippen LogP contribution in [0.15, 0.2) is 24.3 Å². The Morgan fingerprint density at radius 2 is 2.23 bits per heavy atom. The van der Waals surface area contributed by atoms with Crippen molar-refractivity contribution in [3.63, 3.8) is 0 Å². The van der Waals surface area contributed by atoms with E-state index in [4.69, 9.17) is 4.74 Å². The fourth-order valence-electron chi connectivity index (χ4n) is 1.26. The lowest BCUT2D eigenvalue weighted by Crippen LogP contribution is -2.23. The highest BCUT2D eigenvalue weighted by atomic mass is 16.5. The van der Waals surface area contributed by atoms with Crippen molar-refractivity contribution >= 4 is 0 Å². The molecule has 1 aromatic carbocycles. The maximum absolute atomic E-state index is 5.15. The van der Waals surface area contributed by atoms with Crippen LogP contribution in [0.25, 0.3) is 0 Å². The molecule has 1 aromatic rings. The van der Waals surface area contributed by atoms with E-state index in [0.29, 0.717) is 6.04 Å². The Labute approximate surface area is 79.9 Å². The molecule has 0 aliphatic rings. The summed E-state index contributed by atoms with van der Waals surface area (Å²) in [6.45, 7) is 2.17. The van der Waals surface area contributed by atoms with Gasteiger partial charge in [-0.3, -0.25) is 0 Å². The Bertz CT molecular complexity index is 260. The van der Waals surface area contributed by atoms with Crippen molar-refractivity contribution in [2.75, 3.05) is 14.2 Å². The second-order valence-electron chi connectivity index (χ2n) is 3.25. The number of ether oxygens (including phenoxy) is 1. The highest BCUT2D eigenvalue weighted by Crippen LogP contribution is 2.13. The van der Waals surface area contributed by atoms with Crippen molar-refractivity contribution in [2.24, 2.45) is 0 Å². The van der Waals surface area contributed by atoms with E-state index in [9.17, 15) is 0 Å². The lowest BCUT2D eigenvalue weighted by Gasteiger charge is -2.10. The van der Waals surface area contributed by atoms with Crippen molar-refractivity contribution in [2.45, 2.75) is 19.4 Å². The zero-order valence-corrected chi connectivity index (χ0v) is 8.50. The van der Waals surface area contributed by atoms with Crippen LogP contribution in [-0.2, 0) is 6.42 Å². The summed E-state index contributed by atoms with van der Waals surface area (Å²) in [5, 5.41) is 3.21. The third kappa shape index (κ3) is 3.07.